The van der Waals surface area contributed by atoms with Gasteiger partial charge in [0, 0.05) is 50.0 Å². The van der Waals surface area contributed by atoms with Gasteiger partial charge in [-0.3, -0.25) is 4.79 Å². The summed E-state index contributed by atoms with van der Waals surface area (Å²) in [5.74, 6) is 3.13. The fourth-order valence-corrected chi connectivity index (χ4v) is 5.35. The van der Waals surface area contributed by atoms with E-state index in [0.29, 0.717) is 5.82 Å². The molecule has 0 saturated carbocycles. The molecule has 0 atom stereocenters. The average Bonchev–Trinajstić information content (AvgIpc) is 3.39. The van der Waals surface area contributed by atoms with Crippen molar-refractivity contribution in [1.82, 2.24) is 19.9 Å². The van der Waals surface area contributed by atoms with Crippen LogP contribution in [0.3, 0.4) is 0 Å². The number of fused-ring (bicyclic) bond motifs is 2. The number of nitrogens with zero attached hydrogens (tertiary/aromatic N) is 4. The van der Waals surface area contributed by atoms with Crippen LogP contribution in [0.25, 0.3) is 21.1 Å². The first-order chi connectivity index (χ1) is 18.5. The smallest absolute Gasteiger partial charge is 0.219 e. The minimum atomic E-state index is 0.0792. The van der Waals surface area contributed by atoms with Gasteiger partial charge in [0.15, 0.2) is 0 Å². The predicted octanol–water partition coefficient (Wildman–Crippen LogP) is 6.47. The molecule has 5 aromatic rings. The van der Waals surface area contributed by atoms with Crippen LogP contribution in [0.15, 0.2) is 66.4 Å². The first-order valence-corrected chi connectivity index (χ1v) is 13.5. The summed E-state index contributed by atoms with van der Waals surface area (Å²) in [7, 11) is 0. The number of piperidine rings is 1. The summed E-state index contributed by atoms with van der Waals surface area (Å²) < 4.78 is 13.5. The van der Waals surface area contributed by atoms with Crippen LogP contribution in [0.2, 0.25) is 0 Å². The molecule has 38 heavy (non-hydrogen) atoms. The number of amides is 1. The zero-order valence-electron chi connectivity index (χ0n) is 21.2. The zero-order valence-corrected chi connectivity index (χ0v) is 22.0. The second-order valence-corrected chi connectivity index (χ2v) is 10.3. The second kappa shape index (κ2) is 10.3. The lowest BCUT2D eigenvalue weighted by Gasteiger charge is -2.31. The number of nitrogens with one attached hydrogen (secondary N) is 1. The number of benzene rings is 3. The van der Waals surface area contributed by atoms with Crippen LogP contribution in [0.4, 0.5) is 11.5 Å². The molecule has 6 rings (SSSR count). The van der Waals surface area contributed by atoms with E-state index >= 15 is 0 Å². The maximum atomic E-state index is 11.6. The van der Waals surface area contributed by atoms with Crippen LogP contribution in [0, 0.1) is 6.92 Å². The predicted molar refractivity (Wildman–Crippen MR) is 150 cm³/mol. The van der Waals surface area contributed by atoms with Crippen molar-refractivity contribution >= 4 is 49.9 Å². The summed E-state index contributed by atoms with van der Waals surface area (Å²) in [6.45, 7) is 5.08. The van der Waals surface area contributed by atoms with E-state index in [1.807, 2.05) is 71.9 Å². The minimum Gasteiger partial charge on any atom is -0.490 e. The lowest BCUT2D eigenvalue weighted by atomic mass is 10.1. The monoisotopic (exact) mass is 525 g/mol. The van der Waals surface area contributed by atoms with Gasteiger partial charge < -0.3 is 19.7 Å². The molecule has 8 nitrogen and oxygen atoms in total. The number of hydrogen-bond acceptors (Lipinski definition) is 8. The van der Waals surface area contributed by atoms with Crippen molar-refractivity contribution in [3.8, 4) is 17.2 Å². The number of likely N-dealkylation sites (tertiary alicyclic amines) is 1. The maximum absolute atomic E-state index is 11.6. The summed E-state index contributed by atoms with van der Waals surface area (Å²) in [5.41, 5.74) is 5.49. The van der Waals surface area contributed by atoms with Crippen molar-refractivity contribution in [3.05, 3.63) is 72.0 Å². The van der Waals surface area contributed by atoms with Gasteiger partial charge in [0.1, 0.15) is 35.5 Å². The Morgan fingerprint density at radius 3 is 2.63 bits per heavy atom. The molecule has 0 radical (unpaired) electrons. The molecule has 1 saturated heterocycles. The molecule has 3 heterocycles. The summed E-state index contributed by atoms with van der Waals surface area (Å²) in [5, 5.41) is 4.31. The molecule has 0 bridgehead atoms. The summed E-state index contributed by atoms with van der Waals surface area (Å²) in [6.07, 6.45) is 3.27. The number of anilines is 2. The Kier molecular flexibility index (Phi) is 6.51. The van der Waals surface area contributed by atoms with Gasteiger partial charge in [-0.15, -0.1) is 11.3 Å². The van der Waals surface area contributed by atoms with Crippen LogP contribution >= 0.6 is 11.3 Å². The van der Waals surface area contributed by atoms with E-state index in [1.165, 1.54) is 0 Å². The van der Waals surface area contributed by atoms with Gasteiger partial charge in [-0.05, 0) is 61.0 Å². The highest BCUT2D eigenvalue weighted by Crippen LogP contribution is 2.32. The normalized spacial score (nSPS) is 14.1. The van der Waals surface area contributed by atoms with Crippen molar-refractivity contribution in [2.75, 3.05) is 18.4 Å². The molecule has 1 fully saturated rings. The molecule has 1 amide bonds. The number of ether oxygens (including phenoxy) is 2. The number of rotatable bonds is 6. The number of aryl methyl sites for hydroxylation is 1. The Labute approximate surface area is 224 Å². The molecule has 1 aliphatic rings. The highest BCUT2D eigenvalue weighted by atomic mass is 32.1. The number of aromatic nitrogens is 3. The Bertz CT molecular complexity index is 1630. The summed E-state index contributed by atoms with van der Waals surface area (Å²) in [4.78, 5) is 26.8. The standard InChI is InChI=1S/C29H27N5O3S/c1-18-13-20(3-7-27(18)37-23-5-8-28-26(15-23)32-17-38-28)33-29-24-14-22(4-6-25(24)30-16-31-29)36-21-9-11-34(12-10-21)19(2)35/h3-8,13-17,21H,9-12H2,1-2H3,(H,30,31,33). The molecular formula is C29H27N5O3S. The van der Waals surface area contributed by atoms with Gasteiger partial charge in [0.25, 0.3) is 0 Å². The Hall–Kier alpha value is -4.24. The number of thiazole rings is 1. The van der Waals surface area contributed by atoms with Gasteiger partial charge in [0.05, 0.1) is 21.2 Å². The Morgan fingerprint density at radius 1 is 0.974 bits per heavy atom. The van der Waals surface area contributed by atoms with Gasteiger partial charge in [0.2, 0.25) is 5.91 Å². The van der Waals surface area contributed by atoms with Gasteiger partial charge in [-0.1, -0.05) is 0 Å². The maximum Gasteiger partial charge on any atom is 0.219 e. The van der Waals surface area contributed by atoms with E-state index in [4.69, 9.17) is 9.47 Å². The number of hydrogen-bond donors (Lipinski definition) is 1. The minimum absolute atomic E-state index is 0.0792. The molecule has 0 aliphatic carbocycles. The quantitative estimate of drug-likeness (QED) is 0.272. The third-order valence-electron chi connectivity index (χ3n) is 6.76. The SMILES string of the molecule is CC(=O)N1CCC(Oc2ccc3ncnc(Nc4ccc(Oc5ccc6scnc6c5)c(C)c4)c3c2)CC1. The van der Waals surface area contributed by atoms with E-state index in [0.717, 1.165) is 75.6 Å². The van der Waals surface area contributed by atoms with Crippen molar-refractivity contribution in [2.45, 2.75) is 32.8 Å². The summed E-state index contributed by atoms with van der Waals surface area (Å²) in [6, 6.07) is 17.8. The lowest BCUT2D eigenvalue weighted by Crippen LogP contribution is -2.40. The highest BCUT2D eigenvalue weighted by Gasteiger charge is 2.22. The molecule has 0 spiro atoms. The van der Waals surface area contributed by atoms with Crippen LogP contribution < -0.4 is 14.8 Å². The fraction of sp³-hybridized carbons (Fsp3) is 0.241. The largest absolute Gasteiger partial charge is 0.490 e. The van der Waals surface area contributed by atoms with Crippen LogP contribution in [0.5, 0.6) is 17.2 Å². The molecule has 1 N–H and O–H groups in total. The summed E-state index contributed by atoms with van der Waals surface area (Å²) >= 11 is 1.61. The first-order valence-electron chi connectivity index (χ1n) is 12.6. The Morgan fingerprint density at radius 2 is 1.82 bits per heavy atom. The number of carbonyl (C=O) groups excluding carboxylic acids is 1. The molecule has 3 aromatic carbocycles. The van der Waals surface area contributed by atoms with Crippen molar-refractivity contribution in [1.29, 1.82) is 0 Å². The van der Waals surface area contributed by atoms with E-state index in [2.05, 4.69) is 20.3 Å². The van der Waals surface area contributed by atoms with Crippen LogP contribution in [-0.4, -0.2) is 45.0 Å². The zero-order chi connectivity index (χ0) is 26.1. The lowest BCUT2D eigenvalue weighted by molar-refractivity contribution is -0.130. The van der Waals surface area contributed by atoms with E-state index in [9.17, 15) is 4.79 Å². The molecule has 9 heteroatoms. The van der Waals surface area contributed by atoms with Crippen molar-refractivity contribution < 1.29 is 14.3 Å². The second-order valence-electron chi connectivity index (χ2n) is 9.41. The van der Waals surface area contributed by atoms with Crippen molar-refractivity contribution in [2.24, 2.45) is 0 Å². The van der Waals surface area contributed by atoms with Crippen molar-refractivity contribution in [3.63, 3.8) is 0 Å². The Balaban J connectivity index is 1.18. The van der Waals surface area contributed by atoms with E-state index in [1.54, 1.807) is 24.6 Å². The third-order valence-corrected chi connectivity index (χ3v) is 7.57. The molecule has 1 aliphatic heterocycles. The first kappa shape index (κ1) is 24.1. The van der Waals surface area contributed by atoms with Crippen LogP contribution in [0.1, 0.15) is 25.3 Å². The van der Waals surface area contributed by atoms with Gasteiger partial charge >= 0.3 is 0 Å². The average molecular weight is 526 g/mol. The van der Waals surface area contributed by atoms with Gasteiger partial charge in [-0.25, -0.2) is 15.0 Å². The molecule has 192 valence electrons. The van der Waals surface area contributed by atoms with Gasteiger partial charge in [-0.2, -0.15) is 0 Å². The fourth-order valence-electron chi connectivity index (χ4n) is 4.70. The van der Waals surface area contributed by atoms with Crippen LogP contribution in [-0.2, 0) is 4.79 Å². The molecule has 2 aromatic heterocycles. The van der Waals surface area contributed by atoms with E-state index < -0.39 is 0 Å². The number of carbonyl (C=O) groups is 1. The topological polar surface area (TPSA) is 89.5 Å². The molecule has 0 unspecified atom stereocenters. The third kappa shape index (κ3) is 5.10. The highest BCUT2D eigenvalue weighted by molar-refractivity contribution is 7.16. The molecular weight excluding hydrogens is 498 g/mol. The van der Waals surface area contributed by atoms with E-state index in [-0.39, 0.29) is 12.0 Å².